The summed E-state index contributed by atoms with van der Waals surface area (Å²) in [6.45, 7) is 1.87. The highest BCUT2D eigenvalue weighted by Crippen LogP contribution is 2.26. The van der Waals surface area contributed by atoms with Gasteiger partial charge in [0.1, 0.15) is 0 Å². The van der Waals surface area contributed by atoms with Crippen LogP contribution in [-0.2, 0) is 26.6 Å². The van der Waals surface area contributed by atoms with Crippen LogP contribution in [-0.4, -0.2) is 29.0 Å². The van der Waals surface area contributed by atoms with Crippen molar-refractivity contribution in [3.8, 4) is 0 Å². The van der Waals surface area contributed by atoms with E-state index in [9.17, 15) is 21.6 Å². The van der Waals surface area contributed by atoms with E-state index in [2.05, 4.69) is 10.0 Å². The summed E-state index contributed by atoms with van der Waals surface area (Å²) in [5.41, 5.74) is 2.94. The maximum atomic E-state index is 12.8. The normalized spacial score (nSPS) is 11.6. The molecule has 2 N–H and O–H groups in total. The molecule has 0 saturated carbocycles. The molecule has 0 aromatic heterocycles. The molecule has 0 spiro atoms. The number of hydrogen-bond donors (Lipinski definition) is 2. The van der Waals surface area contributed by atoms with Crippen molar-refractivity contribution in [3.05, 3.63) is 119 Å². The zero-order chi connectivity index (χ0) is 28.2. The van der Waals surface area contributed by atoms with Crippen LogP contribution in [0.3, 0.4) is 0 Å². The second kappa shape index (κ2) is 11.5. The average Bonchev–Trinajstić information content (AvgIpc) is 2.90. The summed E-state index contributed by atoms with van der Waals surface area (Å²) >= 11 is 6.08. The number of rotatable bonds is 9. The minimum absolute atomic E-state index is 0.0171. The lowest BCUT2D eigenvalue weighted by Gasteiger charge is -2.22. The lowest BCUT2D eigenvalue weighted by atomic mass is 10.1. The van der Waals surface area contributed by atoms with Crippen molar-refractivity contribution in [2.75, 3.05) is 20.6 Å². The third-order valence-electron chi connectivity index (χ3n) is 5.92. The smallest absolute Gasteiger partial charge is 0.261 e. The fourth-order valence-electron chi connectivity index (χ4n) is 3.77. The van der Waals surface area contributed by atoms with Gasteiger partial charge in [-0.1, -0.05) is 48.0 Å². The predicted molar refractivity (Wildman–Crippen MR) is 155 cm³/mol. The predicted octanol–water partition coefficient (Wildman–Crippen LogP) is 5.67. The van der Waals surface area contributed by atoms with Gasteiger partial charge in [0.05, 0.1) is 29.1 Å². The van der Waals surface area contributed by atoms with Crippen LogP contribution in [0.2, 0.25) is 5.02 Å². The Morgan fingerprint density at radius 2 is 1.46 bits per heavy atom. The molecule has 0 heterocycles. The van der Waals surface area contributed by atoms with Crippen LogP contribution >= 0.6 is 11.6 Å². The Morgan fingerprint density at radius 3 is 2.08 bits per heavy atom. The molecule has 4 aromatic rings. The van der Waals surface area contributed by atoms with Gasteiger partial charge in [-0.15, -0.1) is 0 Å². The first-order valence-corrected chi connectivity index (χ1v) is 15.5. The Bertz CT molecular complexity index is 1690. The molecule has 39 heavy (non-hydrogen) atoms. The summed E-state index contributed by atoms with van der Waals surface area (Å²) in [7, 11) is -7.44. The van der Waals surface area contributed by atoms with Crippen molar-refractivity contribution in [1.82, 2.24) is 0 Å². The van der Waals surface area contributed by atoms with Gasteiger partial charge in [-0.2, -0.15) is 0 Å². The van der Waals surface area contributed by atoms with E-state index < -0.39 is 26.0 Å². The van der Waals surface area contributed by atoms with Crippen LogP contribution in [0.5, 0.6) is 0 Å². The monoisotopic (exact) mass is 583 g/mol. The van der Waals surface area contributed by atoms with Crippen LogP contribution < -0.4 is 14.3 Å². The molecular weight excluding hydrogens is 558 g/mol. The van der Waals surface area contributed by atoms with Gasteiger partial charge in [0.25, 0.3) is 15.9 Å². The Balaban J connectivity index is 1.45. The molecule has 0 aliphatic heterocycles. The van der Waals surface area contributed by atoms with E-state index in [1.807, 2.05) is 30.3 Å². The Kier molecular flexibility index (Phi) is 8.29. The number of nitrogens with zero attached hydrogens (tertiary/aromatic N) is 1. The number of anilines is 3. The molecule has 8 nitrogen and oxygen atoms in total. The number of nitrogens with one attached hydrogen (secondary N) is 2. The molecule has 0 aliphatic rings. The van der Waals surface area contributed by atoms with Gasteiger partial charge in [-0.25, -0.2) is 16.8 Å². The fraction of sp³-hybridized carbons (Fsp3) is 0.107. The fourth-order valence-corrected chi connectivity index (χ4v) is 5.96. The third kappa shape index (κ3) is 6.97. The first kappa shape index (κ1) is 28.2. The maximum absolute atomic E-state index is 12.8. The lowest BCUT2D eigenvalue weighted by molar-refractivity contribution is 0.102. The highest BCUT2D eigenvalue weighted by atomic mass is 35.5. The lowest BCUT2D eigenvalue weighted by Crippen LogP contribution is -2.29. The van der Waals surface area contributed by atoms with Crippen molar-refractivity contribution in [2.45, 2.75) is 18.4 Å². The summed E-state index contributed by atoms with van der Waals surface area (Å²) < 4.78 is 54.2. The molecule has 0 atom stereocenters. The van der Waals surface area contributed by atoms with E-state index >= 15 is 0 Å². The first-order valence-electron chi connectivity index (χ1n) is 11.7. The van der Waals surface area contributed by atoms with Gasteiger partial charge in [0, 0.05) is 16.3 Å². The van der Waals surface area contributed by atoms with Crippen LogP contribution in [0, 0.1) is 6.92 Å². The van der Waals surface area contributed by atoms with Crippen molar-refractivity contribution < 1.29 is 21.6 Å². The molecule has 0 radical (unpaired) electrons. The highest BCUT2D eigenvalue weighted by Gasteiger charge is 2.19. The van der Waals surface area contributed by atoms with Crippen LogP contribution in [0.15, 0.2) is 102 Å². The van der Waals surface area contributed by atoms with E-state index in [1.54, 1.807) is 37.3 Å². The van der Waals surface area contributed by atoms with Crippen molar-refractivity contribution in [1.29, 1.82) is 0 Å². The number of hydrogen-bond acceptors (Lipinski definition) is 5. The number of amides is 1. The van der Waals surface area contributed by atoms with Crippen molar-refractivity contribution >= 4 is 54.6 Å². The zero-order valence-corrected chi connectivity index (χ0v) is 23.5. The summed E-state index contributed by atoms with van der Waals surface area (Å²) in [5, 5.41) is 3.16. The molecule has 202 valence electrons. The third-order valence-corrected chi connectivity index (χ3v) is 8.85. The molecule has 4 aromatic carbocycles. The van der Waals surface area contributed by atoms with E-state index in [0.29, 0.717) is 33.2 Å². The number of halogens is 1. The highest BCUT2D eigenvalue weighted by molar-refractivity contribution is 7.92. The average molecular weight is 584 g/mol. The van der Waals surface area contributed by atoms with E-state index in [4.69, 9.17) is 11.6 Å². The molecule has 0 aliphatic carbocycles. The maximum Gasteiger partial charge on any atom is 0.261 e. The van der Waals surface area contributed by atoms with E-state index in [-0.39, 0.29) is 11.4 Å². The Labute approximate surface area is 233 Å². The van der Waals surface area contributed by atoms with Crippen LogP contribution in [0.4, 0.5) is 17.1 Å². The number of carbonyl (C=O) groups excluding carboxylic acids is 1. The van der Waals surface area contributed by atoms with Crippen molar-refractivity contribution in [3.63, 3.8) is 0 Å². The number of sulfonamides is 2. The van der Waals surface area contributed by atoms with Gasteiger partial charge < -0.3 is 5.32 Å². The molecule has 0 saturated heterocycles. The second-order valence-electron chi connectivity index (χ2n) is 8.80. The molecular formula is C28H26ClN3O5S2. The standard InChI is InChI=1S/C28H26ClN3O5S2/c1-20-26(29)9-6-10-27(20)31-39(36,37)25-17-13-23(14-18-25)30-28(33)22-11-15-24(16-12-22)32(38(2,34)35)19-21-7-4-3-5-8-21/h3-18,31H,19H2,1-2H3,(H,30,33). The van der Waals surface area contributed by atoms with E-state index in [1.165, 1.54) is 40.7 Å². The van der Waals surface area contributed by atoms with Crippen LogP contribution in [0.1, 0.15) is 21.5 Å². The van der Waals surface area contributed by atoms with E-state index in [0.717, 1.165) is 11.8 Å². The molecule has 1 amide bonds. The second-order valence-corrected chi connectivity index (χ2v) is 12.8. The molecule has 0 unspecified atom stereocenters. The summed E-state index contributed by atoms with van der Waals surface area (Å²) in [6, 6.07) is 26.1. The largest absolute Gasteiger partial charge is 0.322 e. The zero-order valence-electron chi connectivity index (χ0n) is 21.1. The Morgan fingerprint density at radius 1 is 0.821 bits per heavy atom. The molecule has 11 heteroatoms. The quantitative estimate of drug-likeness (QED) is 0.264. The van der Waals surface area contributed by atoms with Gasteiger partial charge in [0.2, 0.25) is 10.0 Å². The van der Waals surface area contributed by atoms with Crippen LogP contribution in [0.25, 0.3) is 0 Å². The minimum Gasteiger partial charge on any atom is -0.322 e. The molecule has 0 bridgehead atoms. The van der Waals surface area contributed by atoms with Gasteiger partial charge >= 0.3 is 0 Å². The van der Waals surface area contributed by atoms with Crippen molar-refractivity contribution in [2.24, 2.45) is 0 Å². The molecule has 4 rings (SSSR count). The molecule has 0 fully saturated rings. The van der Waals surface area contributed by atoms with Gasteiger partial charge in [-0.05, 0) is 78.7 Å². The van der Waals surface area contributed by atoms with Gasteiger partial charge in [-0.3, -0.25) is 13.8 Å². The SMILES string of the molecule is Cc1c(Cl)cccc1NS(=O)(=O)c1ccc(NC(=O)c2ccc(N(Cc3ccccc3)S(C)(=O)=O)cc2)cc1. The topological polar surface area (TPSA) is 113 Å². The summed E-state index contributed by atoms with van der Waals surface area (Å²) in [6.07, 6.45) is 1.13. The summed E-state index contributed by atoms with van der Waals surface area (Å²) in [5.74, 6) is -0.432. The Hall–Kier alpha value is -3.86. The van der Waals surface area contributed by atoms with Gasteiger partial charge in [0.15, 0.2) is 0 Å². The summed E-state index contributed by atoms with van der Waals surface area (Å²) in [4.78, 5) is 12.8. The first-order chi connectivity index (χ1) is 18.4. The number of benzene rings is 4. The minimum atomic E-state index is -3.87. The number of carbonyl (C=O) groups is 1.